The molecule has 3 atom stereocenters. The predicted molar refractivity (Wildman–Crippen MR) is 83.6 cm³/mol. The van der Waals surface area contributed by atoms with Gasteiger partial charge in [-0.2, -0.15) is 0 Å². The monoisotopic (exact) mass is 291 g/mol. The van der Waals surface area contributed by atoms with E-state index in [1.54, 1.807) is 6.07 Å². The van der Waals surface area contributed by atoms with Crippen LogP contribution in [-0.2, 0) is 4.79 Å². The minimum Gasteiger partial charge on any atom is -0.303 e. The van der Waals surface area contributed by atoms with Gasteiger partial charge in [0.15, 0.2) is 0 Å². The number of rotatable bonds is 5. The van der Waals surface area contributed by atoms with Gasteiger partial charge in [-0.15, -0.1) is 0 Å². The Morgan fingerprint density at radius 3 is 2.81 bits per heavy atom. The molecular weight excluding hydrogens is 265 g/mol. The molecule has 1 aliphatic carbocycles. The molecule has 0 bridgehead atoms. The molecule has 1 fully saturated rings. The molecule has 0 amide bonds. The van der Waals surface area contributed by atoms with Gasteiger partial charge < -0.3 is 4.79 Å². The average Bonchev–Trinajstić information content (AvgIpc) is 2.47. The summed E-state index contributed by atoms with van der Waals surface area (Å²) < 4.78 is 13.9. The van der Waals surface area contributed by atoms with Crippen molar-refractivity contribution in [2.24, 2.45) is 11.3 Å². The summed E-state index contributed by atoms with van der Waals surface area (Å²) in [6.07, 6.45) is 5.37. The van der Waals surface area contributed by atoms with Crippen molar-refractivity contribution in [2.45, 2.75) is 45.6 Å². The first-order chi connectivity index (χ1) is 9.97. The Morgan fingerprint density at radius 1 is 1.48 bits per heavy atom. The van der Waals surface area contributed by atoms with E-state index in [0.29, 0.717) is 18.0 Å². The van der Waals surface area contributed by atoms with Crippen molar-refractivity contribution in [3.8, 4) is 0 Å². The van der Waals surface area contributed by atoms with E-state index in [0.717, 1.165) is 25.5 Å². The van der Waals surface area contributed by atoms with Crippen molar-refractivity contribution in [3.63, 3.8) is 0 Å². The molecule has 0 aromatic heterocycles. The van der Waals surface area contributed by atoms with Gasteiger partial charge in [-0.3, -0.25) is 4.90 Å². The third-order valence-corrected chi connectivity index (χ3v) is 4.96. The maximum absolute atomic E-state index is 13.9. The second kappa shape index (κ2) is 6.69. The molecule has 1 aromatic rings. The maximum Gasteiger partial charge on any atom is 0.127 e. The van der Waals surface area contributed by atoms with Crippen LogP contribution in [0.3, 0.4) is 0 Å². The van der Waals surface area contributed by atoms with Gasteiger partial charge in [0.2, 0.25) is 0 Å². The smallest absolute Gasteiger partial charge is 0.127 e. The fourth-order valence-electron chi connectivity index (χ4n) is 3.67. The molecule has 1 aromatic carbocycles. The molecule has 3 heteroatoms. The zero-order valence-corrected chi connectivity index (χ0v) is 13.3. The van der Waals surface area contributed by atoms with Crippen LogP contribution in [0.2, 0.25) is 0 Å². The molecule has 2 nitrogen and oxygen atoms in total. The van der Waals surface area contributed by atoms with E-state index in [1.165, 1.54) is 12.5 Å². The van der Waals surface area contributed by atoms with E-state index in [2.05, 4.69) is 11.8 Å². The Hall–Kier alpha value is -1.22. The number of benzene rings is 1. The third-order valence-electron chi connectivity index (χ3n) is 4.96. The second-order valence-corrected chi connectivity index (χ2v) is 6.79. The summed E-state index contributed by atoms with van der Waals surface area (Å²) in [6.45, 7) is 4.93. The molecule has 0 spiro atoms. The largest absolute Gasteiger partial charge is 0.303 e. The third kappa shape index (κ3) is 3.70. The molecule has 3 unspecified atom stereocenters. The summed E-state index contributed by atoms with van der Waals surface area (Å²) in [4.78, 5) is 13.8. The van der Waals surface area contributed by atoms with Gasteiger partial charge in [0, 0.05) is 23.6 Å². The number of carbonyl (C=O) groups is 1. The first kappa shape index (κ1) is 16.2. The zero-order chi connectivity index (χ0) is 15.5. The summed E-state index contributed by atoms with van der Waals surface area (Å²) in [5.41, 5.74) is 0.441. The SMILES string of the molecule is CC1CCCC(C=O)(CN(C)C(C)c2ccccc2F)C1. The molecule has 0 radical (unpaired) electrons. The van der Waals surface area contributed by atoms with E-state index in [9.17, 15) is 9.18 Å². The van der Waals surface area contributed by atoms with Crippen molar-refractivity contribution in [3.05, 3.63) is 35.6 Å². The van der Waals surface area contributed by atoms with Crippen LogP contribution in [0.5, 0.6) is 0 Å². The maximum atomic E-state index is 13.9. The van der Waals surface area contributed by atoms with Crippen molar-refractivity contribution < 1.29 is 9.18 Å². The number of aldehydes is 1. The zero-order valence-electron chi connectivity index (χ0n) is 13.3. The molecule has 2 rings (SSSR count). The van der Waals surface area contributed by atoms with E-state index in [4.69, 9.17) is 0 Å². The molecule has 21 heavy (non-hydrogen) atoms. The lowest BCUT2D eigenvalue weighted by atomic mass is 9.70. The molecule has 1 aliphatic rings. The Morgan fingerprint density at radius 2 is 2.19 bits per heavy atom. The number of carbonyl (C=O) groups excluding carboxylic acids is 1. The highest BCUT2D eigenvalue weighted by Crippen LogP contribution is 2.39. The lowest BCUT2D eigenvalue weighted by Crippen LogP contribution is -2.41. The average molecular weight is 291 g/mol. The first-order valence-electron chi connectivity index (χ1n) is 7.88. The van der Waals surface area contributed by atoms with Gasteiger partial charge in [0.05, 0.1) is 0 Å². The van der Waals surface area contributed by atoms with E-state index in [1.807, 2.05) is 26.1 Å². The van der Waals surface area contributed by atoms with Crippen LogP contribution in [0.25, 0.3) is 0 Å². The summed E-state index contributed by atoms with van der Waals surface area (Å²) in [7, 11) is 1.99. The van der Waals surface area contributed by atoms with E-state index < -0.39 is 0 Å². The van der Waals surface area contributed by atoms with Crippen LogP contribution in [-0.4, -0.2) is 24.8 Å². The van der Waals surface area contributed by atoms with Crippen molar-refractivity contribution in [1.82, 2.24) is 4.90 Å². The Bertz CT molecular complexity index is 490. The van der Waals surface area contributed by atoms with Crippen LogP contribution < -0.4 is 0 Å². The van der Waals surface area contributed by atoms with Gasteiger partial charge in [-0.25, -0.2) is 4.39 Å². The lowest BCUT2D eigenvalue weighted by molar-refractivity contribution is -0.120. The number of hydrogen-bond donors (Lipinski definition) is 0. The topological polar surface area (TPSA) is 20.3 Å². The van der Waals surface area contributed by atoms with E-state index in [-0.39, 0.29) is 17.3 Å². The van der Waals surface area contributed by atoms with Gasteiger partial charge in [-0.05, 0) is 38.8 Å². The van der Waals surface area contributed by atoms with E-state index >= 15 is 0 Å². The number of nitrogens with zero attached hydrogens (tertiary/aromatic N) is 1. The summed E-state index contributed by atoms with van der Waals surface area (Å²) in [5, 5.41) is 0. The highest BCUT2D eigenvalue weighted by atomic mass is 19.1. The van der Waals surface area contributed by atoms with Crippen LogP contribution in [0.15, 0.2) is 24.3 Å². The van der Waals surface area contributed by atoms with Crippen LogP contribution in [0.1, 0.15) is 51.1 Å². The Kier molecular flexibility index (Phi) is 5.15. The molecule has 0 N–H and O–H groups in total. The fraction of sp³-hybridized carbons (Fsp3) is 0.611. The summed E-state index contributed by atoms with van der Waals surface area (Å²) in [6, 6.07) is 6.87. The van der Waals surface area contributed by atoms with Crippen molar-refractivity contribution in [2.75, 3.05) is 13.6 Å². The van der Waals surface area contributed by atoms with Gasteiger partial charge in [-0.1, -0.05) is 38.0 Å². The highest BCUT2D eigenvalue weighted by Gasteiger charge is 2.36. The van der Waals surface area contributed by atoms with Gasteiger partial charge >= 0.3 is 0 Å². The Balaban J connectivity index is 2.10. The molecule has 0 saturated heterocycles. The standard InChI is InChI=1S/C18H26FNO/c1-14-7-6-10-18(11-14,13-21)12-20(3)15(2)16-8-4-5-9-17(16)19/h4-5,8-9,13-15H,6-7,10-12H2,1-3H3. The summed E-state index contributed by atoms with van der Waals surface area (Å²) in [5.74, 6) is 0.426. The number of hydrogen-bond acceptors (Lipinski definition) is 2. The minimum atomic E-state index is -0.258. The molecule has 1 saturated carbocycles. The molecular formula is C18H26FNO. The quantitative estimate of drug-likeness (QED) is 0.757. The van der Waals surface area contributed by atoms with Crippen LogP contribution >= 0.6 is 0 Å². The van der Waals surface area contributed by atoms with Gasteiger partial charge in [0.1, 0.15) is 12.1 Å². The summed E-state index contributed by atoms with van der Waals surface area (Å²) >= 11 is 0. The molecule has 116 valence electrons. The minimum absolute atomic E-state index is 0.0275. The second-order valence-electron chi connectivity index (χ2n) is 6.79. The molecule has 0 aliphatic heterocycles. The lowest BCUT2D eigenvalue weighted by Gasteiger charge is -2.40. The normalized spacial score (nSPS) is 27.6. The number of halogens is 1. The van der Waals surface area contributed by atoms with Crippen LogP contribution in [0.4, 0.5) is 4.39 Å². The Labute approximate surface area is 127 Å². The first-order valence-corrected chi connectivity index (χ1v) is 7.88. The van der Waals surface area contributed by atoms with Gasteiger partial charge in [0.25, 0.3) is 0 Å². The fourth-order valence-corrected chi connectivity index (χ4v) is 3.67. The van der Waals surface area contributed by atoms with Crippen LogP contribution in [0, 0.1) is 17.2 Å². The highest BCUT2D eigenvalue weighted by molar-refractivity contribution is 5.60. The predicted octanol–water partition coefficient (Wildman–Crippen LogP) is 4.21. The molecule has 0 heterocycles. The van der Waals surface area contributed by atoms with Crippen molar-refractivity contribution in [1.29, 1.82) is 0 Å². The van der Waals surface area contributed by atoms with Crippen molar-refractivity contribution >= 4 is 6.29 Å².